The summed E-state index contributed by atoms with van der Waals surface area (Å²) in [6.07, 6.45) is -3.78. The summed E-state index contributed by atoms with van der Waals surface area (Å²) in [7, 11) is 0. The van der Waals surface area contributed by atoms with Crippen molar-refractivity contribution >= 4 is 35.0 Å². The summed E-state index contributed by atoms with van der Waals surface area (Å²) in [5.41, 5.74) is -0.680. The van der Waals surface area contributed by atoms with Gasteiger partial charge in [0.1, 0.15) is 25.4 Å². The van der Waals surface area contributed by atoms with E-state index in [4.69, 9.17) is 35.3 Å². The molecule has 1 fully saturated rings. The van der Waals surface area contributed by atoms with Crippen molar-refractivity contribution in [2.24, 2.45) is 5.92 Å². The van der Waals surface area contributed by atoms with Crippen LogP contribution in [0.3, 0.4) is 0 Å². The van der Waals surface area contributed by atoms with Crippen LogP contribution in [0.5, 0.6) is 0 Å². The van der Waals surface area contributed by atoms with E-state index in [0.717, 1.165) is 0 Å². The van der Waals surface area contributed by atoms with Gasteiger partial charge in [0.15, 0.2) is 17.4 Å². The minimum atomic E-state index is -1.45. The Morgan fingerprint density at radius 3 is 2.33 bits per heavy atom. The molecule has 0 spiro atoms. The van der Waals surface area contributed by atoms with Gasteiger partial charge in [0.2, 0.25) is 11.9 Å². The van der Waals surface area contributed by atoms with E-state index in [1.54, 1.807) is 13.8 Å². The minimum Gasteiger partial charge on any atom is -0.463 e. The maximum Gasteiger partial charge on any atom is 0.302 e. The van der Waals surface area contributed by atoms with Crippen molar-refractivity contribution in [3.8, 4) is 0 Å². The molecule has 3 heterocycles. The van der Waals surface area contributed by atoms with Crippen LogP contribution in [0.2, 0.25) is 0 Å². The number of amides is 1. The number of rotatable bonds is 13. The smallest absolute Gasteiger partial charge is 0.302 e. The van der Waals surface area contributed by atoms with Crippen LogP contribution in [0.25, 0.3) is 11.2 Å². The van der Waals surface area contributed by atoms with E-state index in [2.05, 4.69) is 20.3 Å². The van der Waals surface area contributed by atoms with Gasteiger partial charge in [-0.1, -0.05) is 13.8 Å². The minimum absolute atomic E-state index is 0.0146. The lowest BCUT2D eigenvalue weighted by Gasteiger charge is -2.27. The number of hydrogen-bond donors (Lipinski definition) is 3. The van der Waals surface area contributed by atoms with Crippen LogP contribution in [-0.4, -0.2) is 93.7 Å². The Bertz CT molecular complexity index is 1190. The van der Waals surface area contributed by atoms with Gasteiger partial charge in [0.05, 0.1) is 25.6 Å². The zero-order valence-electron chi connectivity index (χ0n) is 21.8. The Labute approximate surface area is 222 Å². The van der Waals surface area contributed by atoms with Crippen molar-refractivity contribution in [3.05, 3.63) is 23.6 Å². The number of nitrogens with one attached hydrogen (secondary N) is 2. The molecule has 1 unspecified atom stereocenters. The van der Waals surface area contributed by atoms with Crippen LogP contribution < -0.4 is 10.9 Å². The molecule has 214 valence electrons. The molecule has 0 bridgehead atoms. The van der Waals surface area contributed by atoms with Crippen LogP contribution in [0.15, 0.2) is 11.1 Å². The first kappa shape index (κ1) is 30.1. The molecule has 0 aliphatic carbocycles. The van der Waals surface area contributed by atoms with Crippen LogP contribution >= 0.6 is 0 Å². The number of imidazole rings is 1. The van der Waals surface area contributed by atoms with E-state index in [1.165, 1.54) is 24.7 Å². The molecule has 2 radical (unpaired) electrons. The quantitative estimate of drug-likeness (QED) is 0.163. The number of esters is 2. The van der Waals surface area contributed by atoms with Gasteiger partial charge in [-0.3, -0.25) is 34.0 Å². The molecule has 2 aromatic heterocycles. The predicted molar refractivity (Wildman–Crippen MR) is 130 cm³/mol. The second-order valence-corrected chi connectivity index (χ2v) is 8.68. The first-order valence-corrected chi connectivity index (χ1v) is 12.0. The van der Waals surface area contributed by atoms with Gasteiger partial charge in [0, 0.05) is 19.8 Å². The third kappa shape index (κ3) is 8.03. The Hall–Kier alpha value is -3.44. The molecule has 39 heavy (non-hydrogen) atoms. The summed E-state index contributed by atoms with van der Waals surface area (Å²) in [6.45, 7) is 9.79. The second-order valence-electron chi connectivity index (χ2n) is 8.68. The SMILES string of the molecule is [CH][C@H]1O[C@@H](n2cnc3c(=O)[nH]c(NC(=O)C(C)C)nc32)C(OC(OCCOC(C)=O)OCCOC(C)=O)[C@H]1O. The maximum absolute atomic E-state index is 12.6. The molecule has 16 nitrogen and oxygen atoms in total. The number of carbonyl (C=O) groups excluding carboxylic acids is 3. The zero-order chi connectivity index (χ0) is 28.7. The van der Waals surface area contributed by atoms with Gasteiger partial charge in [-0.2, -0.15) is 4.98 Å². The number of carbonyl (C=O) groups is 3. The Morgan fingerprint density at radius 2 is 1.77 bits per heavy atom. The highest BCUT2D eigenvalue weighted by Crippen LogP contribution is 2.34. The third-order valence-electron chi connectivity index (χ3n) is 5.28. The fraction of sp³-hybridized carbons (Fsp3) is 0.609. The number of fused-ring (bicyclic) bond motifs is 1. The average molecular weight is 554 g/mol. The number of anilines is 1. The average Bonchev–Trinajstić information content (AvgIpc) is 3.40. The molecule has 3 rings (SSSR count). The molecular formula is C23H31N5O11. The summed E-state index contributed by atoms with van der Waals surface area (Å²) < 4.78 is 33.5. The molecular weight excluding hydrogens is 522 g/mol. The number of aromatic amines is 1. The summed E-state index contributed by atoms with van der Waals surface area (Å²) in [5, 5.41) is 13.2. The van der Waals surface area contributed by atoms with Crippen molar-refractivity contribution in [3.63, 3.8) is 0 Å². The number of aliphatic hydroxyl groups is 1. The highest BCUT2D eigenvalue weighted by Gasteiger charge is 2.46. The van der Waals surface area contributed by atoms with E-state index in [0.29, 0.717) is 0 Å². The van der Waals surface area contributed by atoms with Crippen molar-refractivity contribution < 1.29 is 47.9 Å². The number of nitrogens with zero attached hydrogens (tertiary/aromatic N) is 3. The van der Waals surface area contributed by atoms with Crippen LogP contribution in [0.1, 0.15) is 33.9 Å². The largest absolute Gasteiger partial charge is 0.463 e. The monoisotopic (exact) mass is 553 g/mol. The van der Waals surface area contributed by atoms with Crippen molar-refractivity contribution in [1.82, 2.24) is 19.5 Å². The van der Waals surface area contributed by atoms with E-state index in [9.17, 15) is 24.3 Å². The summed E-state index contributed by atoms with van der Waals surface area (Å²) in [5.74, 6) is -1.90. The van der Waals surface area contributed by atoms with Gasteiger partial charge >= 0.3 is 11.9 Å². The molecule has 3 N–H and O–H groups in total. The van der Waals surface area contributed by atoms with Crippen molar-refractivity contribution in [1.29, 1.82) is 0 Å². The van der Waals surface area contributed by atoms with Crippen molar-refractivity contribution in [2.75, 3.05) is 31.7 Å². The number of aliphatic hydroxyl groups excluding tert-OH is 1. The third-order valence-corrected chi connectivity index (χ3v) is 5.28. The number of H-pyrrole nitrogens is 1. The van der Waals surface area contributed by atoms with Crippen molar-refractivity contribution in [2.45, 2.75) is 58.7 Å². The van der Waals surface area contributed by atoms with Gasteiger partial charge < -0.3 is 33.5 Å². The standard InChI is InChI=1S/C23H31N5O11/c1-11(2)19(32)26-22-25-18-15(20(33)27-22)24-10-28(18)21-17(16(31)12(3)38-21)39-23(36-8-6-34-13(4)29)37-9-7-35-14(5)30/h3,10-12,16-17,21,23,31H,6-9H2,1-2,4-5H3,(H2,25,26,27,32,33)/t12-,16+,17?,21-/m1/s1. The van der Waals surface area contributed by atoms with Gasteiger partial charge in [0.25, 0.3) is 12.0 Å². The predicted octanol–water partition coefficient (Wildman–Crippen LogP) is -0.488. The van der Waals surface area contributed by atoms with Gasteiger partial charge in [-0.25, -0.2) is 4.98 Å². The molecule has 1 amide bonds. The number of hydrogen-bond acceptors (Lipinski definition) is 13. The van der Waals surface area contributed by atoms with E-state index < -0.39 is 48.5 Å². The van der Waals surface area contributed by atoms with E-state index in [1.807, 2.05) is 0 Å². The molecule has 1 aliphatic heterocycles. The maximum atomic E-state index is 12.6. The lowest BCUT2D eigenvalue weighted by Crippen LogP contribution is -2.39. The highest BCUT2D eigenvalue weighted by molar-refractivity contribution is 5.91. The second kappa shape index (κ2) is 13.6. The summed E-state index contributed by atoms with van der Waals surface area (Å²) in [6, 6.07) is 0. The molecule has 0 saturated carbocycles. The Kier molecular flexibility index (Phi) is 10.5. The lowest BCUT2D eigenvalue weighted by molar-refractivity contribution is -0.320. The highest BCUT2D eigenvalue weighted by atomic mass is 16.9. The van der Waals surface area contributed by atoms with E-state index in [-0.39, 0.29) is 55.4 Å². The van der Waals surface area contributed by atoms with Gasteiger partial charge in [-0.05, 0) is 6.92 Å². The van der Waals surface area contributed by atoms with Crippen LogP contribution in [-0.2, 0) is 42.8 Å². The zero-order valence-corrected chi connectivity index (χ0v) is 21.8. The molecule has 16 heteroatoms. The molecule has 1 aliphatic rings. The molecule has 1 saturated heterocycles. The van der Waals surface area contributed by atoms with Gasteiger partial charge in [-0.15, -0.1) is 0 Å². The molecule has 4 atom stereocenters. The molecule has 2 aromatic rings. The summed E-state index contributed by atoms with van der Waals surface area (Å²) >= 11 is 0. The fourth-order valence-electron chi connectivity index (χ4n) is 3.39. The number of ether oxygens (including phenoxy) is 6. The first-order chi connectivity index (χ1) is 18.5. The summed E-state index contributed by atoms with van der Waals surface area (Å²) in [4.78, 5) is 57.5. The van der Waals surface area contributed by atoms with Crippen LogP contribution in [0.4, 0.5) is 5.95 Å². The topological polar surface area (TPSA) is 202 Å². The Balaban J connectivity index is 1.84. The van der Waals surface area contributed by atoms with Crippen LogP contribution in [0, 0.1) is 12.8 Å². The first-order valence-electron chi connectivity index (χ1n) is 12.0. The fourth-order valence-corrected chi connectivity index (χ4v) is 3.39. The normalized spacial score (nSPS) is 21.0. The lowest BCUT2D eigenvalue weighted by atomic mass is 10.1. The Morgan fingerprint density at radius 1 is 1.15 bits per heavy atom. The van der Waals surface area contributed by atoms with E-state index >= 15 is 0 Å². The number of aromatic nitrogens is 4. The molecule has 0 aromatic carbocycles.